The molecule has 0 spiro atoms. The fourth-order valence-corrected chi connectivity index (χ4v) is 2.14. The van der Waals surface area contributed by atoms with E-state index in [0.717, 1.165) is 12.8 Å². The summed E-state index contributed by atoms with van der Waals surface area (Å²) in [6, 6.07) is 0. The van der Waals surface area contributed by atoms with Gasteiger partial charge in [-0.05, 0) is 12.8 Å². The van der Waals surface area contributed by atoms with Gasteiger partial charge < -0.3 is 4.74 Å². The van der Waals surface area contributed by atoms with Crippen LogP contribution in [0.3, 0.4) is 0 Å². The van der Waals surface area contributed by atoms with Gasteiger partial charge in [0.25, 0.3) is 0 Å². The second-order valence-corrected chi connectivity index (χ2v) is 4.68. The van der Waals surface area contributed by atoms with E-state index in [0.29, 0.717) is 13.2 Å². The first-order valence-electron chi connectivity index (χ1n) is 3.64. The predicted molar refractivity (Wildman–Crippen MR) is 41.8 cm³/mol. The van der Waals surface area contributed by atoms with Gasteiger partial charge in [-0.1, -0.05) is 0 Å². The minimum atomic E-state index is -2.99. The smallest absolute Gasteiger partial charge is 0.214 e. The van der Waals surface area contributed by atoms with E-state index < -0.39 is 10.0 Å². The Bertz CT molecular complexity index is 208. The van der Waals surface area contributed by atoms with E-state index in [9.17, 15) is 8.42 Å². The first-order chi connectivity index (χ1) is 5.17. The Hall–Kier alpha value is -0.130. The maximum atomic E-state index is 11.1. The zero-order chi connectivity index (χ0) is 8.32. The minimum absolute atomic E-state index is 0.126. The van der Waals surface area contributed by atoms with Crippen LogP contribution >= 0.6 is 0 Å². The van der Waals surface area contributed by atoms with Crippen molar-refractivity contribution in [1.29, 1.82) is 0 Å². The SMILES string of the molecule is COCCNS(=O)(=O)C1CC1. The maximum absolute atomic E-state index is 11.1. The highest BCUT2D eigenvalue weighted by Crippen LogP contribution is 2.26. The topological polar surface area (TPSA) is 55.4 Å². The number of nitrogens with one attached hydrogen (secondary N) is 1. The van der Waals surface area contributed by atoms with Crippen molar-refractivity contribution in [3.8, 4) is 0 Å². The van der Waals surface area contributed by atoms with Crippen molar-refractivity contribution < 1.29 is 13.2 Å². The maximum Gasteiger partial charge on any atom is 0.214 e. The van der Waals surface area contributed by atoms with E-state index in [1.165, 1.54) is 0 Å². The molecule has 1 N–H and O–H groups in total. The first-order valence-corrected chi connectivity index (χ1v) is 5.19. The number of sulfonamides is 1. The zero-order valence-corrected chi connectivity index (χ0v) is 7.36. The normalized spacial score (nSPS) is 18.6. The summed E-state index contributed by atoms with van der Waals surface area (Å²) in [5.74, 6) is 0. The van der Waals surface area contributed by atoms with Gasteiger partial charge in [-0.15, -0.1) is 0 Å². The van der Waals surface area contributed by atoms with Crippen molar-refractivity contribution in [1.82, 2.24) is 4.72 Å². The molecular weight excluding hydrogens is 166 g/mol. The standard InChI is InChI=1S/C6H13NO3S/c1-10-5-4-7-11(8,9)6-2-3-6/h6-7H,2-5H2,1H3. The number of ether oxygens (including phenoxy) is 1. The third-order valence-electron chi connectivity index (χ3n) is 1.57. The van der Waals surface area contributed by atoms with Crippen LogP contribution in [0.1, 0.15) is 12.8 Å². The number of hydrogen-bond acceptors (Lipinski definition) is 3. The molecule has 0 heterocycles. The lowest BCUT2D eigenvalue weighted by Crippen LogP contribution is -2.30. The molecule has 1 saturated carbocycles. The summed E-state index contributed by atoms with van der Waals surface area (Å²) in [5, 5.41) is -0.126. The van der Waals surface area contributed by atoms with Crippen LogP contribution in [-0.4, -0.2) is 33.9 Å². The van der Waals surface area contributed by atoms with Crippen molar-refractivity contribution in [3.05, 3.63) is 0 Å². The summed E-state index contributed by atoms with van der Waals surface area (Å²) in [6.45, 7) is 0.821. The highest BCUT2D eigenvalue weighted by atomic mass is 32.2. The highest BCUT2D eigenvalue weighted by Gasteiger charge is 2.34. The third kappa shape index (κ3) is 2.76. The molecule has 4 nitrogen and oxygen atoms in total. The molecule has 0 aromatic heterocycles. The molecule has 1 fully saturated rings. The molecule has 0 saturated heterocycles. The van der Waals surface area contributed by atoms with Gasteiger partial charge in [0.15, 0.2) is 0 Å². The second-order valence-electron chi connectivity index (χ2n) is 2.63. The van der Waals surface area contributed by atoms with Crippen molar-refractivity contribution in [2.45, 2.75) is 18.1 Å². The Morgan fingerprint density at radius 3 is 2.64 bits per heavy atom. The molecule has 0 bridgehead atoms. The van der Waals surface area contributed by atoms with Crippen LogP contribution in [0.2, 0.25) is 0 Å². The molecule has 0 unspecified atom stereocenters. The molecule has 0 amide bonds. The summed E-state index contributed by atoms with van der Waals surface area (Å²) >= 11 is 0. The van der Waals surface area contributed by atoms with E-state index in [1.54, 1.807) is 7.11 Å². The average molecular weight is 179 g/mol. The van der Waals surface area contributed by atoms with Crippen LogP contribution in [0.4, 0.5) is 0 Å². The van der Waals surface area contributed by atoms with Crippen LogP contribution in [0, 0.1) is 0 Å². The van der Waals surface area contributed by atoms with E-state index in [4.69, 9.17) is 4.74 Å². The van der Waals surface area contributed by atoms with Gasteiger partial charge in [-0.25, -0.2) is 13.1 Å². The van der Waals surface area contributed by atoms with Crippen LogP contribution in [-0.2, 0) is 14.8 Å². The van der Waals surface area contributed by atoms with Crippen molar-refractivity contribution >= 4 is 10.0 Å². The lowest BCUT2D eigenvalue weighted by Gasteiger charge is -2.03. The van der Waals surface area contributed by atoms with Gasteiger partial charge in [0.1, 0.15) is 0 Å². The van der Waals surface area contributed by atoms with Crippen molar-refractivity contribution in [3.63, 3.8) is 0 Å². The third-order valence-corrected chi connectivity index (χ3v) is 3.53. The van der Waals surface area contributed by atoms with E-state index in [-0.39, 0.29) is 5.25 Å². The van der Waals surface area contributed by atoms with Gasteiger partial charge in [-0.2, -0.15) is 0 Å². The molecular formula is C6H13NO3S. The van der Waals surface area contributed by atoms with Gasteiger partial charge in [0, 0.05) is 13.7 Å². The van der Waals surface area contributed by atoms with Crippen LogP contribution in [0.25, 0.3) is 0 Å². The number of methoxy groups -OCH3 is 1. The van der Waals surface area contributed by atoms with E-state index in [1.807, 2.05) is 0 Å². The van der Waals surface area contributed by atoms with Crippen molar-refractivity contribution in [2.24, 2.45) is 0 Å². The summed E-state index contributed by atoms with van der Waals surface area (Å²) in [5.41, 5.74) is 0. The quantitative estimate of drug-likeness (QED) is 0.590. The molecule has 0 aromatic carbocycles. The Balaban J connectivity index is 2.23. The molecule has 0 atom stereocenters. The Morgan fingerprint density at radius 2 is 2.18 bits per heavy atom. The molecule has 0 radical (unpaired) electrons. The second kappa shape index (κ2) is 3.51. The molecule has 0 aliphatic heterocycles. The van der Waals surface area contributed by atoms with Crippen molar-refractivity contribution in [2.75, 3.05) is 20.3 Å². The van der Waals surface area contributed by atoms with Gasteiger partial charge >= 0.3 is 0 Å². The Morgan fingerprint density at radius 1 is 1.55 bits per heavy atom. The van der Waals surface area contributed by atoms with Crippen LogP contribution in [0.15, 0.2) is 0 Å². The largest absolute Gasteiger partial charge is 0.383 e. The van der Waals surface area contributed by atoms with Gasteiger partial charge in [0.2, 0.25) is 10.0 Å². The Labute approximate surface area is 67.0 Å². The Kier molecular flexibility index (Phi) is 2.86. The molecule has 0 aromatic rings. The highest BCUT2D eigenvalue weighted by molar-refractivity contribution is 7.90. The van der Waals surface area contributed by atoms with E-state index >= 15 is 0 Å². The molecule has 1 aliphatic carbocycles. The summed E-state index contributed by atoms with van der Waals surface area (Å²) in [7, 11) is -1.44. The molecule has 1 aliphatic rings. The fourth-order valence-electron chi connectivity index (χ4n) is 0.782. The number of rotatable bonds is 5. The average Bonchev–Trinajstić information content (AvgIpc) is 2.68. The number of hydrogen-bond donors (Lipinski definition) is 1. The predicted octanol–water partition coefficient (Wildman–Crippen LogP) is -0.285. The summed E-state index contributed by atoms with van der Waals surface area (Å²) in [6.07, 6.45) is 1.62. The summed E-state index contributed by atoms with van der Waals surface area (Å²) in [4.78, 5) is 0. The van der Waals surface area contributed by atoms with Crippen LogP contribution < -0.4 is 4.72 Å². The summed E-state index contributed by atoms with van der Waals surface area (Å²) < 4.78 is 29.4. The fraction of sp³-hybridized carbons (Fsp3) is 1.00. The first kappa shape index (κ1) is 8.96. The minimum Gasteiger partial charge on any atom is -0.383 e. The zero-order valence-electron chi connectivity index (χ0n) is 6.54. The lowest BCUT2D eigenvalue weighted by molar-refractivity contribution is 0.204. The molecule has 66 valence electrons. The monoisotopic (exact) mass is 179 g/mol. The molecule has 1 rings (SSSR count). The van der Waals surface area contributed by atoms with E-state index in [2.05, 4.69) is 4.72 Å². The van der Waals surface area contributed by atoms with Crippen LogP contribution in [0.5, 0.6) is 0 Å². The van der Waals surface area contributed by atoms with Gasteiger partial charge in [-0.3, -0.25) is 0 Å². The van der Waals surface area contributed by atoms with Gasteiger partial charge in [0.05, 0.1) is 11.9 Å². The molecule has 5 heteroatoms. The molecule has 11 heavy (non-hydrogen) atoms. The lowest BCUT2D eigenvalue weighted by atomic mass is 10.7.